The molecule has 0 radical (unpaired) electrons. The molecule has 180 valence electrons. The summed E-state index contributed by atoms with van der Waals surface area (Å²) in [5, 5.41) is 0. The van der Waals surface area contributed by atoms with Gasteiger partial charge in [-0.25, -0.2) is 0 Å². The molecule has 7 aliphatic carbocycles. The highest BCUT2D eigenvalue weighted by atomic mass is 14.8. The average Bonchev–Trinajstić information content (AvgIpc) is 3.39. The zero-order valence-corrected chi connectivity index (χ0v) is 22.2. The molecular weight excluding hydrogens is 384 g/mol. The predicted octanol–water partition coefficient (Wildman–Crippen LogP) is 8.85. The lowest BCUT2D eigenvalue weighted by Gasteiger charge is -2.61. The van der Waals surface area contributed by atoms with Crippen molar-refractivity contribution in [2.75, 3.05) is 0 Å². The van der Waals surface area contributed by atoms with Crippen molar-refractivity contribution < 1.29 is 0 Å². The Morgan fingerprint density at radius 2 is 1.41 bits per heavy atom. The number of fused-ring (bicyclic) bond motifs is 2. The molecule has 7 aliphatic rings. The van der Waals surface area contributed by atoms with Gasteiger partial charge < -0.3 is 0 Å². The Labute approximate surface area is 199 Å². The molecule has 13 unspecified atom stereocenters. The van der Waals surface area contributed by atoms with Crippen molar-refractivity contribution in [2.45, 2.75) is 112 Å². The molecular formula is C32H52. The summed E-state index contributed by atoms with van der Waals surface area (Å²) in [6.45, 7) is 15.5. The van der Waals surface area contributed by atoms with Gasteiger partial charge in [0.15, 0.2) is 0 Å². The van der Waals surface area contributed by atoms with Crippen LogP contribution in [0.25, 0.3) is 0 Å². The summed E-state index contributed by atoms with van der Waals surface area (Å²) in [6, 6.07) is 0. The summed E-state index contributed by atoms with van der Waals surface area (Å²) in [6.07, 6.45) is 17.8. The van der Waals surface area contributed by atoms with Crippen LogP contribution in [0.5, 0.6) is 0 Å². The van der Waals surface area contributed by atoms with Crippen molar-refractivity contribution in [3.8, 4) is 0 Å². The Morgan fingerprint density at radius 1 is 0.656 bits per heavy atom. The van der Waals surface area contributed by atoms with Crippen LogP contribution >= 0.6 is 0 Å². The minimum atomic E-state index is 0.420. The molecule has 0 bridgehead atoms. The molecule has 13 atom stereocenters. The molecule has 0 heteroatoms. The van der Waals surface area contributed by atoms with E-state index in [4.69, 9.17) is 0 Å². The number of hydrogen-bond acceptors (Lipinski definition) is 0. The summed E-state index contributed by atoms with van der Waals surface area (Å²) >= 11 is 0. The van der Waals surface area contributed by atoms with Crippen LogP contribution in [0.15, 0.2) is 0 Å². The third-order valence-corrected chi connectivity index (χ3v) is 14.7. The zero-order chi connectivity index (χ0) is 22.2. The van der Waals surface area contributed by atoms with E-state index in [9.17, 15) is 0 Å². The zero-order valence-electron chi connectivity index (χ0n) is 22.2. The minimum Gasteiger partial charge on any atom is -0.0625 e. The van der Waals surface area contributed by atoms with Crippen molar-refractivity contribution in [2.24, 2.45) is 87.3 Å². The van der Waals surface area contributed by atoms with Crippen LogP contribution in [0, 0.1) is 87.3 Å². The van der Waals surface area contributed by atoms with Crippen molar-refractivity contribution >= 4 is 0 Å². The smallest absolute Gasteiger partial charge is 0.0196 e. The highest BCUT2D eigenvalue weighted by molar-refractivity contribution is 5.23. The summed E-state index contributed by atoms with van der Waals surface area (Å²) in [5.74, 6) is 13.3. The van der Waals surface area contributed by atoms with E-state index in [0.717, 1.165) is 70.5 Å². The topological polar surface area (TPSA) is 0 Å². The molecule has 0 aliphatic heterocycles. The van der Waals surface area contributed by atoms with Crippen LogP contribution in [0.3, 0.4) is 0 Å². The SMILES string of the molecule is CC1CC2CCC3CC4CC(C(C)(C)C(C)(C)C)CC5C6CCCC6C6(CC(C1)C2C36)C45. The monoisotopic (exact) mass is 436 g/mol. The second-order valence-corrected chi connectivity index (χ2v) is 16.4. The fraction of sp³-hybridized carbons (Fsp3) is 1.00. The molecule has 0 amide bonds. The summed E-state index contributed by atoms with van der Waals surface area (Å²) in [7, 11) is 0. The first-order chi connectivity index (χ1) is 15.1. The van der Waals surface area contributed by atoms with Crippen LogP contribution in [0.4, 0.5) is 0 Å². The van der Waals surface area contributed by atoms with Crippen LogP contribution in [0.2, 0.25) is 0 Å². The quantitative estimate of drug-likeness (QED) is 0.385. The Kier molecular flexibility index (Phi) is 4.39. The standard InChI is InChI=1S/C32H52/c1-18-12-19-10-11-20-14-21-15-23(31(5,6)30(2,3)4)16-25-24-8-7-9-26(24)32(28(21)25)17-22(13-18)27(19)29(20)32/h18-29H,7-17H2,1-6H3. The Morgan fingerprint density at radius 3 is 2.19 bits per heavy atom. The first-order valence-electron chi connectivity index (χ1n) is 15.1. The molecule has 7 saturated carbocycles. The van der Waals surface area contributed by atoms with E-state index in [1.165, 1.54) is 5.92 Å². The Hall–Kier alpha value is 0. The van der Waals surface area contributed by atoms with Gasteiger partial charge in [-0.15, -0.1) is 0 Å². The summed E-state index contributed by atoms with van der Waals surface area (Å²) in [5.41, 5.74) is 1.70. The lowest BCUT2D eigenvalue weighted by molar-refractivity contribution is -0.129. The molecule has 0 N–H and O–H groups in total. The maximum absolute atomic E-state index is 2.65. The molecule has 0 heterocycles. The van der Waals surface area contributed by atoms with E-state index < -0.39 is 0 Å². The van der Waals surface area contributed by atoms with Gasteiger partial charge in [0.1, 0.15) is 0 Å². The van der Waals surface area contributed by atoms with Gasteiger partial charge in [0.25, 0.3) is 0 Å². The van der Waals surface area contributed by atoms with Gasteiger partial charge in [-0.1, -0.05) is 48.0 Å². The van der Waals surface area contributed by atoms with Gasteiger partial charge in [-0.3, -0.25) is 0 Å². The fourth-order valence-corrected chi connectivity index (χ4v) is 13.2. The Balaban J connectivity index is 1.32. The minimum absolute atomic E-state index is 0.420. The van der Waals surface area contributed by atoms with Crippen LogP contribution < -0.4 is 0 Å². The highest BCUT2D eigenvalue weighted by Gasteiger charge is 2.75. The van der Waals surface area contributed by atoms with Gasteiger partial charge in [0.05, 0.1) is 0 Å². The van der Waals surface area contributed by atoms with E-state index in [2.05, 4.69) is 41.5 Å². The molecule has 0 aromatic carbocycles. The Bertz CT molecular complexity index is 769. The summed E-state index contributed by atoms with van der Waals surface area (Å²) in [4.78, 5) is 0. The third kappa shape index (κ3) is 2.47. The molecule has 0 aromatic rings. The molecule has 1 spiro atoms. The lowest BCUT2D eigenvalue weighted by atomic mass is 9.43. The van der Waals surface area contributed by atoms with E-state index in [0.29, 0.717) is 10.8 Å². The van der Waals surface area contributed by atoms with Crippen LogP contribution in [-0.2, 0) is 0 Å². The molecule has 0 nitrogen and oxygen atoms in total. The van der Waals surface area contributed by atoms with Crippen LogP contribution in [0.1, 0.15) is 112 Å². The van der Waals surface area contributed by atoms with Crippen LogP contribution in [-0.4, -0.2) is 0 Å². The largest absolute Gasteiger partial charge is 0.0625 e. The van der Waals surface area contributed by atoms with Gasteiger partial charge in [0, 0.05) is 0 Å². The average molecular weight is 437 g/mol. The normalized spacial score (nSPS) is 58.3. The number of rotatable bonds is 1. The van der Waals surface area contributed by atoms with E-state index >= 15 is 0 Å². The second-order valence-electron chi connectivity index (χ2n) is 16.4. The van der Waals surface area contributed by atoms with Crippen molar-refractivity contribution in [3.63, 3.8) is 0 Å². The van der Waals surface area contributed by atoms with Gasteiger partial charge in [-0.05, 0) is 151 Å². The maximum Gasteiger partial charge on any atom is -0.0196 e. The van der Waals surface area contributed by atoms with Crippen molar-refractivity contribution in [1.29, 1.82) is 0 Å². The van der Waals surface area contributed by atoms with Gasteiger partial charge >= 0.3 is 0 Å². The maximum atomic E-state index is 2.65. The molecule has 0 saturated heterocycles. The van der Waals surface area contributed by atoms with Crippen molar-refractivity contribution in [3.05, 3.63) is 0 Å². The molecule has 0 aromatic heterocycles. The van der Waals surface area contributed by atoms with Crippen molar-refractivity contribution in [1.82, 2.24) is 0 Å². The first kappa shape index (κ1) is 21.3. The molecule has 7 fully saturated rings. The number of hydrogen-bond donors (Lipinski definition) is 0. The summed E-state index contributed by atoms with van der Waals surface area (Å²) < 4.78 is 0. The molecule has 32 heavy (non-hydrogen) atoms. The lowest BCUT2D eigenvalue weighted by Crippen LogP contribution is -2.55. The molecule has 7 rings (SSSR count). The van der Waals surface area contributed by atoms with Gasteiger partial charge in [-0.2, -0.15) is 0 Å². The highest BCUT2D eigenvalue weighted by Crippen LogP contribution is 2.81. The predicted molar refractivity (Wildman–Crippen MR) is 134 cm³/mol. The fourth-order valence-electron chi connectivity index (χ4n) is 13.2. The first-order valence-corrected chi connectivity index (χ1v) is 15.1. The van der Waals surface area contributed by atoms with E-state index in [1.54, 1.807) is 70.6 Å². The van der Waals surface area contributed by atoms with E-state index in [1.807, 2.05) is 0 Å². The van der Waals surface area contributed by atoms with Gasteiger partial charge in [0.2, 0.25) is 0 Å². The second kappa shape index (κ2) is 6.60. The van der Waals surface area contributed by atoms with E-state index in [-0.39, 0.29) is 0 Å². The third-order valence-electron chi connectivity index (χ3n) is 14.7.